The van der Waals surface area contributed by atoms with E-state index in [0.717, 1.165) is 17.8 Å². The van der Waals surface area contributed by atoms with Gasteiger partial charge in [-0.25, -0.2) is 0 Å². The number of nitro groups is 1. The van der Waals surface area contributed by atoms with Crippen LogP contribution < -0.4 is 0 Å². The molecular weight excluding hydrogens is 375 g/mol. The van der Waals surface area contributed by atoms with E-state index in [4.69, 9.17) is 4.52 Å². The normalized spacial score (nSPS) is 12.1. The van der Waals surface area contributed by atoms with E-state index in [2.05, 4.69) is 5.16 Å². The van der Waals surface area contributed by atoms with E-state index in [1.807, 2.05) is 0 Å². The Hall–Kier alpha value is -3.36. The summed E-state index contributed by atoms with van der Waals surface area (Å²) in [5.41, 5.74) is 1.69. The molecule has 2 aromatic heterocycles. The summed E-state index contributed by atoms with van der Waals surface area (Å²) in [7, 11) is 0. The number of aryl methyl sites for hydroxylation is 2. The highest BCUT2D eigenvalue weighted by molar-refractivity contribution is 5.73. The lowest BCUT2D eigenvalue weighted by atomic mass is 10.2. The van der Waals surface area contributed by atoms with Crippen molar-refractivity contribution in [2.75, 3.05) is 0 Å². The van der Waals surface area contributed by atoms with Crippen molar-refractivity contribution in [1.29, 1.82) is 0 Å². The Kier molecular flexibility index (Phi) is 4.84. The highest BCUT2D eigenvalue weighted by Gasteiger charge is 2.30. The van der Waals surface area contributed by atoms with Crippen molar-refractivity contribution in [3.8, 4) is 5.69 Å². The van der Waals surface area contributed by atoms with Gasteiger partial charge >= 0.3 is 11.9 Å². The Labute approximate surface area is 158 Å². The van der Waals surface area contributed by atoms with Crippen LogP contribution in [0.25, 0.3) is 17.8 Å². The zero-order valence-electron chi connectivity index (χ0n) is 15.2. The largest absolute Gasteiger partial charge is 0.416 e. The van der Waals surface area contributed by atoms with E-state index in [0.29, 0.717) is 16.9 Å². The van der Waals surface area contributed by atoms with E-state index in [9.17, 15) is 23.3 Å². The fourth-order valence-electron chi connectivity index (χ4n) is 3.05. The van der Waals surface area contributed by atoms with Crippen LogP contribution in [0.5, 0.6) is 0 Å². The van der Waals surface area contributed by atoms with E-state index < -0.39 is 16.7 Å². The Bertz CT molecular complexity index is 1080. The van der Waals surface area contributed by atoms with Crippen LogP contribution in [0.1, 0.15) is 34.0 Å². The smallest absolute Gasteiger partial charge is 0.349 e. The van der Waals surface area contributed by atoms with Crippen LogP contribution in [0.2, 0.25) is 0 Å². The second-order valence-electron chi connectivity index (χ2n) is 6.28. The Morgan fingerprint density at radius 3 is 2.54 bits per heavy atom. The van der Waals surface area contributed by atoms with Gasteiger partial charge in [0.25, 0.3) is 0 Å². The van der Waals surface area contributed by atoms with Gasteiger partial charge in [-0.05, 0) is 62.8 Å². The molecule has 0 unspecified atom stereocenters. The maximum Gasteiger partial charge on any atom is 0.416 e. The first-order valence-electron chi connectivity index (χ1n) is 8.25. The molecule has 0 aliphatic rings. The molecule has 0 fully saturated rings. The fraction of sp³-hybridized carbons (Fsp3) is 0.211. The lowest BCUT2D eigenvalue weighted by Gasteiger charge is -2.13. The molecule has 0 radical (unpaired) electrons. The summed E-state index contributed by atoms with van der Waals surface area (Å²) in [6.45, 7) is 5.00. The first-order valence-corrected chi connectivity index (χ1v) is 8.25. The number of hydrogen-bond donors (Lipinski definition) is 0. The summed E-state index contributed by atoms with van der Waals surface area (Å²) in [4.78, 5) is 10.5. The molecule has 28 heavy (non-hydrogen) atoms. The molecule has 2 heterocycles. The third-order valence-electron chi connectivity index (χ3n) is 4.36. The number of benzene rings is 1. The maximum absolute atomic E-state index is 13.0. The predicted molar refractivity (Wildman–Crippen MR) is 97.1 cm³/mol. The predicted octanol–water partition coefficient (Wildman–Crippen LogP) is 5.49. The first-order chi connectivity index (χ1) is 13.1. The second-order valence-corrected chi connectivity index (χ2v) is 6.28. The van der Waals surface area contributed by atoms with Gasteiger partial charge in [-0.15, -0.1) is 0 Å². The van der Waals surface area contributed by atoms with Crippen molar-refractivity contribution < 1.29 is 22.6 Å². The molecule has 146 valence electrons. The summed E-state index contributed by atoms with van der Waals surface area (Å²) in [6, 6.07) is 6.82. The van der Waals surface area contributed by atoms with Crippen LogP contribution >= 0.6 is 0 Å². The van der Waals surface area contributed by atoms with Gasteiger partial charge in [0.2, 0.25) is 5.76 Å². The molecule has 6 nitrogen and oxygen atoms in total. The van der Waals surface area contributed by atoms with Crippen LogP contribution in [0, 0.1) is 30.9 Å². The van der Waals surface area contributed by atoms with E-state index >= 15 is 0 Å². The van der Waals surface area contributed by atoms with Crippen molar-refractivity contribution in [1.82, 2.24) is 9.72 Å². The molecule has 0 aliphatic carbocycles. The van der Waals surface area contributed by atoms with Crippen LogP contribution in [-0.2, 0) is 6.18 Å². The van der Waals surface area contributed by atoms with Gasteiger partial charge in [0.1, 0.15) is 0 Å². The first kappa shape index (κ1) is 19.4. The van der Waals surface area contributed by atoms with Gasteiger partial charge < -0.3 is 9.09 Å². The summed E-state index contributed by atoms with van der Waals surface area (Å²) in [5, 5.41) is 14.7. The van der Waals surface area contributed by atoms with Gasteiger partial charge in [0.05, 0.1) is 10.5 Å². The van der Waals surface area contributed by atoms with Crippen molar-refractivity contribution in [3.63, 3.8) is 0 Å². The molecule has 0 aliphatic heterocycles. The third-order valence-corrected chi connectivity index (χ3v) is 4.36. The van der Waals surface area contributed by atoms with Gasteiger partial charge in [0.15, 0.2) is 5.69 Å². The number of halogens is 3. The molecule has 0 N–H and O–H groups in total. The molecule has 3 rings (SSSR count). The molecule has 0 saturated carbocycles. The van der Waals surface area contributed by atoms with E-state index in [-0.39, 0.29) is 17.1 Å². The van der Waals surface area contributed by atoms with Crippen molar-refractivity contribution in [2.24, 2.45) is 0 Å². The molecule has 0 spiro atoms. The Morgan fingerprint density at radius 1 is 1.18 bits per heavy atom. The number of alkyl halides is 3. The van der Waals surface area contributed by atoms with Gasteiger partial charge in [-0.2, -0.15) is 13.2 Å². The third kappa shape index (κ3) is 3.55. The summed E-state index contributed by atoms with van der Waals surface area (Å²) >= 11 is 0. The summed E-state index contributed by atoms with van der Waals surface area (Å²) < 4.78 is 45.7. The quantitative estimate of drug-likeness (QED) is 0.435. The lowest BCUT2D eigenvalue weighted by Crippen LogP contribution is -2.07. The molecule has 0 bridgehead atoms. The van der Waals surface area contributed by atoms with Crippen molar-refractivity contribution in [2.45, 2.75) is 26.9 Å². The van der Waals surface area contributed by atoms with Gasteiger partial charge in [-0.3, -0.25) is 10.1 Å². The number of aromatic nitrogens is 2. The Morgan fingerprint density at radius 2 is 1.89 bits per heavy atom. The van der Waals surface area contributed by atoms with Crippen molar-refractivity contribution >= 4 is 17.8 Å². The van der Waals surface area contributed by atoms with Crippen LogP contribution in [0.15, 0.2) is 34.9 Å². The highest BCUT2D eigenvalue weighted by atomic mass is 19.4. The molecule has 1 aromatic carbocycles. The minimum absolute atomic E-state index is 0.00590. The minimum atomic E-state index is -4.43. The second kappa shape index (κ2) is 6.99. The number of hydrogen-bond acceptors (Lipinski definition) is 4. The SMILES string of the molecule is Cc1noc(/C=C/c2cc(C)n(-c3cccc(C(F)(F)F)c3)c2C)c1[N+](=O)[O-]. The molecule has 0 saturated heterocycles. The molecule has 0 amide bonds. The van der Waals surface area contributed by atoms with Gasteiger partial charge in [-0.1, -0.05) is 11.2 Å². The standard InChI is InChI=1S/C19H16F3N3O3/c1-11-9-14(7-8-17-18(25(26)27)12(2)23-28-17)13(3)24(11)16-6-4-5-15(10-16)19(20,21)22/h4-10H,1-3H3/b8-7+. The maximum atomic E-state index is 13.0. The number of rotatable bonds is 4. The number of nitrogens with zero attached hydrogens (tertiary/aromatic N) is 3. The molecule has 0 atom stereocenters. The van der Waals surface area contributed by atoms with Crippen LogP contribution in [-0.4, -0.2) is 14.6 Å². The summed E-state index contributed by atoms with van der Waals surface area (Å²) in [6.07, 6.45) is -1.40. The molecule has 9 heteroatoms. The van der Waals surface area contributed by atoms with Crippen LogP contribution in [0.4, 0.5) is 18.9 Å². The Balaban J connectivity index is 2.01. The zero-order valence-corrected chi connectivity index (χ0v) is 15.2. The van der Waals surface area contributed by atoms with E-state index in [1.54, 1.807) is 36.6 Å². The summed E-state index contributed by atoms with van der Waals surface area (Å²) in [5.74, 6) is 0.00590. The highest BCUT2D eigenvalue weighted by Crippen LogP contribution is 2.32. The van der Waals surface area contributed by atoms with E-state index in [1.165, 1.54) is 19.1 Å². The van der Waals surface area contributed by atoms with Crippen molar-refractivity contribution in [3.05, 3.63) is 74.4 Å². The van der Waals surface area contributed by atoms with Crippen LogP contribution in [0.3, 0.4) is 0 Å². The lowest BCUT2D eigenvalue weighted by molar-refractivity contribution is -0.386. The topological polar surface area (TPSA) is 74.1 Å². The molecule has 3 aromatic rings. The van der Waals surface area contributed by atoms with Gasteiger partial charge in [0, 0.05) is 17.1 Å². The monoisotopic (exact) mass is 391 g/mol. The minimum Gasteiger partial charge on any atom is -0.349 e. The zero-order chi connectivity index (χ0) is 20.6. The molecular formula is C19H16F3N3O3. The fourth-order valence-corrected chi connectivity index (χ4v) is 3.05. The average molecular weight is 391 g/mol. The average Bonchev–Trinajstić information content (AvgIpc) is 3.11.